The minimum Gasteiger partial charge on any atom is -0.492 e. The van der Waals surface area contributed by atoms with Gasteiger partial charge in [0.05, 0.1) is 13.2 Å². The Morgan fingerprint density at radius 2 is 2.15 bits per heavy atom. The second kappa shape index (κ2) is 9.01. The standard InChI is InChI=1S/C20H24ClN3O2/c1-15-3-2-4-17(11-15)23-20(25)13-24-9-6-16(7-10-24)14-26-19-5-8-22-12-18(19)21/h2-5,8,11-12,16H,6-7,9-10,13-14H2,1H3,(H,23,25). The molecule has 0 atom stereocenters. The molecule has 0 saturated carbocycles. The summed E-state index contributed by atoms with van der Waals surface area (Å²) in [6.07, 6.45) is 5.30. The van der Waals surface area contributed by atoms with Crippen LogP contribution in [0.5, 0.6) is 5.75 Å². The molecule has 1 aliphatic heterocycles. The van der Waals surface area contributed by atoms with E-state index in [0.29, 0.717) is 29.8 Å². The molecule has 1 aromatic heterocycles. The van der Waals surface area contributed by atoms with Crippen LogP contribution in [0.4, 0.5) is 5.69 Å². The van der Waals surface area contributed by atoms with E-state index in [1.165, 1.54) is 0 Å². The number of amides is 1. The third kappa shape index (κ3) is 5.44. The highest BCUT2D eigenvalue weighted by molar-refractivity contribution is 6.31. The first kappa shape index (κ1) is 18.7. The van der Waals surface area contributed by atoms with Crippen LogP contribution in [0.15, 0.2) is 42.7 Å². The Morgan fingerprint density at radius 3 is 2.88 bits per heavy atom. The zero-order valence-corrected chi connectivity index (χ0v) is 15.7. The Kier molecular flexibility index (Phi) is 6.47. The number of aromatic nitrogens is 1. The number of nitrogens with one attached hydrogen (secondary N) is 1. The smallest absolute Gasteiger partial charge is 0.238 e. The lowest BCUT2D eigenvalue weighted by atomic mass is 9.98. The number of hydrogen-bond donors (Lipinski definition) is 1. The van der Waals surface area contributed by atoms with Gasteiger partial charge in [-0.25, -0.2) is 0 Å². The highest BCUT2D eigenvalue weighted by Gasteiger charge is 2.21. The van der Waals surface area contributed by atoms with E-state index in [0.717, 1.165) is 37.2 Å². The summed E-state index contributed by atoms with van der Waals surface area (Å²) in [7, 11) is 0. The van der Waals surface area contributed by atoms with Crippen LogP contribution in [0.2, 0.25) is 5.02 Å². The molecular weight excluding hydrogens is 350 g/mol. The van der Waals surface area contributed by atoms with Gasteiger partial charge in [0.15, 0.2) is 0 Å². The number of benzene rings is 1. The quantitative estimate of drug-likeness (QED) is 0.837. The number of anilines is 1. The Bertz CT molecular complexity index is 745. The van der Waals surface area contributed by atoms with Crippen molar-refractivity contribution < 1.29 is 9.53 Å². The number of likely N-dealkylation sites (tertiary alicyclic amines) is 1. The lowest BCUT2D eigenvalue weighted by Crippen LogP contribution is -2.40. The molecule has 0 spiro atoms. The largest absolute Gasteiger partial charge is 0.492 e. The van der Waals surface area contributed by atoms with Gasteiger partial charge in [-0.05, 0) is 56.5 Å². The van der Waals surface area contributed by atoms with Gasteiger partial charge in [-0.3, -0.25) is 14.7 Å². The number of rotatable bonds is 6. The van der Waals surface area contributed by atoms with Gasteiger partial charge in [0.1, 0.15) is 10.8 Å². The fourth-order valence-corrected chi connectivity index (χ4v) is 3.30. The first-order valence-corrected chi connectivity index (χ1v) is 9.29. The first-order chi connectivity index (χ1) is 12.6. The summed E-state index contributed by atoms with van der Waals surface area (Å²) in [6.45, 7) is 4.89. The summed E-state index contributed by atoms with van der Waals surface area (Å²) in [5.74, 6) is 1.20. The van der Waals surface area contributed by atoms with Crippen molar-refractivity contribution in [3.63, 3.8) is 0 Å². The lowest BCUT2D eigenvalue weighted by Gasteiger charge is -2.31. The summed E-state index contributed by atoms with van der Waals surface area (Å²) >= 11 is 6.06. The molecule has 3 rings (SSSR count). The normalized spacial score (nSPS) is 15.6. The van der Waals surface area contributed by atoms with Gasteiger partial charge in [0, 0.05) is 24.1 Å². The van der Waals surface area contributed by atoms with Gasteiger partial charge in [0.25, 0.3) is 0 Å². The third-order valence-corrected chi connectivity index (χ3v) is 4.87. The van der Waals surface area contributed by atoms with E-state index in [1.807, 2.05) is 31.2 Å². The Hall–Kier alpha value is -2.11. The summed E-state index contributed by atoms with van der Waals surface area (Å²) in [6, 6.07) is 9.64. The number of piperidine rings is 1. The van der Waals surface area contributed by atoms with Gasteiger partial charge in [-0.15, -0.1) is 0 Å². The van der Waals surface area contributed by atoms with Crippen molar-refractivity contribution in [2.24, 2.45) is 5.92 Å². The van der Waals surface area contributed by atoms with E-state index in [-0.39, 0.29) is 5.91 Å². The topological polar surface area (TPSA) is 54.5 Å². The monoisotopic (exact) mass is 373 g/mol. The van der Waals surface area contributed by atoms with E-state index >= 15 is 0 Å². The molecule has 1 N–H and O–H groups in total. The van der Waals surface area contributed by atoms with E-state index < -0.39 is 0 Å². The van der Waals surface area contributed by atoms with E-state index in [4.69, 9.17) is 16.3 Å². The van der Waals surface area contributed by atoms with Gasteiger partial charge in [-0.1, -0.05) is 23.7 Å². The van der Waals surface area contributed by atoms with Gasteiger partial charge in [0.2, 0.25) is 5.91 Å². The number of ether oxygens (including phenoxy) is 1. The van der Waals surface area contributed by atoms with Crippen LogP contribution >= 0.6 is 11.6 Å². The van der Waals surface area contributed by atoms with Gasteiger partial charge in [-0.2, -0.15) is 0 Å². The number of aryl methyl sites for hydroxylation is 1. The van der Waals surface area contributed by atoms with E-state index in [1.54, 1.807) is 18.5 Å². The maximum Gasteiger partial charge on any atom is 0.238 e. The van der Waals surface area contributed by atoms with Crippen molar-refractivity contribution >= 4 is 23.2 Å². The predicted octanol–water partition coefficient (Wildman–Crippen LogP) is 3.77. The summed E-state index contributed by atoms with van der Waals surface area (Å²) in [5, 5.41) is 3.51. The minimum atomic E-state index is 0.0360. The molecule has 6 heteroatoms. The Morgan fingerprint density at radius 1 is 1.35 bits per heavy atom. The number of pyridine rings is 1. The molecular formula is C20H24ClN3O2. The summed E-state index contributed by atoms with van der Waals surface area (Å²) in [5.41, 5.74) is 1.99. The predicted molar refractivity (Wildman–Crippen MR) is 104 cm³/mol. The van der Waals surface area contributed by atoms with Crippen molar-refractivity contribution in [3.05, 3.63) is 53.3 Å². The molecule has 5 nitrogen and oxygen atoms in total. The van der Waals surface area contributed by atoms with Gasteiger partial charge >= 0.3 is 0 Å². The van der Waals surface area contributed by atoms with Crippen LogP contribution in [0.3, 0.4) is 0 Å². The molecule has 2 aromatic rings. The van der Waals surface area contributed by atoms with Crippen molar-refractivity contribution in [3.8, 4) is 5.75 Å². The zero-order chi connectivity index (χ0) is 18.4. The molecule has 26 heavy (non-hydrogen) atoms. The molecule has 138 valence electrons. The van der Waals surface area contributed by atoms with Crippen LogP contribution in [-0.2, 0) is 4.79 Å². The fraction of sp³-hybridized carbons (Fsp3) is 0.400. The lowest BCUT2D eigenvalue weighted by molar-refractivity contribution is -0.117. The number of hydrogen-bond acceptors (Lipinski definition) is 4. The molecule has 0 bridgehead atoms. The fourth-order valence-electron chi connectivity index (χ4n) is 3.12. The summed E-state index contributed by atoms with van der Waals surface area (Å²) in [4.78, 5) is 18.4. The average Bonchev–Trinajstić information content (AvgIpc) is 2.62. The first-order valence-electron chi connectivity index (χ1n) is 8.91. The van der Waals surface area contributed by atoms with E-state index in [2.05, 4.69) is 15.2 Å². The van der Waals surface area contributed by atoms with Crippen LogP contribution < -0.4 is 10.1 Å². The van der Waals surface area contributed by atoms with Crippen molar-refractivity contribution in [2.75, 3.05) is 31.6 Å². The molecule has 1 aliphatic rings. The van der Waals surface area contributed by atoms with Gasteiger partial charge < -0.3 is 10.1 Å². The molecule has 1 amide bonds. The van der Waals surface area contributed by atoms with Crippen LogP contribution in [-0.4, -0.2) is 42.0 Å². The molecule has 1 saturated heterocycles. The molecule has 0 radical (unpaired) electrons. The Balaban J connectivity index is 1.39. The molecule has 0 unspecified atom stereocenters. The number of carbonyl (C=O) groups excluding carboxylic acids is 1. The number of carbonyl (C=O) groups is 1. The zero-order valence-electron chi connectivity index (χ0n) is 15.0. The highest BCUT2D eigenvalue weighted by Crippen LogP contribution is 2.24. The maximum absolute atomic E-state index is 12.2. The molecule has 1 aromatic carbocycles. The molecule has 1 fully saturated rings. The second-order valence-electron chi connectivity index (χ2n) is 6.75. The SMILES string of the molecule is Cc1cccc(NC(=O)CN2CCC(COc3ccncc3Cl)CC2)c1. The highest BCUT2D eigenvalue weighted by atomic mass is 35.5. The van der Waals surface area contributed by atoms with Crippen molar-refractivity contribution in [1.29, 1.82) is 0 Å². The number of nitrogens with zero attached hydrogens (tertiary/aromatic N) is 2. The number of halogens is 1. The second-order valence-corrected chi connectivity index (χ2v) is 7.16. The van der Waals surface area contributed by atoms with Crippen LogP contribution in [0.1, 0.15) is 18.4 Å². The van der Waals surface area contributed by atoms with Crippen molar-refractivity contribution in [1.82, 2.24) is 9.88 Å². The minimum absolute atomic E-state index is 0.0360. The average molecular weight is 374 g/mol. The summed E-state index contributed by atoms with van der Waals surface area (Å²) < 4.78 is 5.81. The Labute approximate surface area is 159 Å². The molecule has 2 heterocycles. The van der Waals surface area contributed by atoms with Crippen LogP contribution in [0, 0.1) is 12.8 Å². The van der Waals surface area contributed by atoms with Crippen LogP contribution in [0.25, 0.3) is 0 Å². The van der Waals surface area contributed by atoms with E-state index in [9.17, 15) is 4.79 Å². The third-order valence-electron chi connectivity index (χ3n) is 4.59. The maximum atomic E-state index is 12.2. The molecule has 0 aliphatic carbocycles. The van der Waals surface area contributed by atoms with Crippen molar-refractivity contribution in [2.45, 2.75) is 19.8 Å².